The molecule has 4 heterocycles. The Kier molecular flexibility index (Phi) is 6.09. The van der Waals surface area contributed by atoms with Gasteiger partial charge in [-0.2, -0.15) is 0 Å². The molecule has 0 aromatic carbocycles. The predicted molar refractivity (Wildman–Crippen MR) is 119 cm³/mol. The second-order valence-corrected chi connectivity index (χ2v) is 8.65. The quantitative estimate of drug-likeness (QED) is 0.671. The monoisotopic (exact) mass is 439 g/mol. The van der Waals surface area contributed by atoms with Crippen LogP contribution in [0.5, 0.6) is 0 Å². The van der Waals surface area contributed by atoms with Crippen molar-refractivity contribution in [3.63, 3.8) is 0 Å². The average molecular weight is 440 g/mol. The Balaban J connectivity index is 1.36. The number of pyridine rings is 1. The smallest absolute Gasteiger partial charge is 0.255 e. The van der Waals surface area contributed by atoms with Crippen LogP contribution in [-0.4, -0.2) is 79.1 Å². The minimum Gasteiger partial charge on any atom is -0.467 e. The summed E-state index contributed by atoms with van der Waals surface area (Å²) >= 11 is 0. The number of furan rings is 1. The van der Waals surface area contributed by atoms with E-state index in [0.717, 1.165) is 51.4 Å². The van der Waals surface area contributed by atoms with E-state index >= 15 is 0 Å². The van der Waals surface area contributed by atoms with Crippen LogP contribution in [0.25, 0.3) is 0 Å². The van der Waals surface area contributed by atoms with Gasteiger partial charge in [0.1, 0.15) is 11.6 Å². The second-order valence-electron chi connectivity index (χ2n) is 8.65. The number of nitrogens with zero attached hydrogens (tertiary/aromatic N) is 4. The van der Waals surface area contributed by atoms with E-state index in [1.165, 1.54) is 0 Å². The van der Waals surface area contributed by atoms with Gasteiger partial charge >= 0.3 is 0 Å². The van der Waals surface area contributed by atoms with Crippen molar-refractivity contribution < 1.29 is 18.7 Å². The number of rotatable bonds is 8. The molecule has 2 aliphatic heterocycles. The summed E-state index contributed by atoms with van der Waals surface area (Å²) in [7, 11) is 0. The topological polar surface area (TPSA) is 91.2 Å². The first kappa shape index (κ1) is 21.0. The van der Waals surface area contributed by atoms with Crippen LogP contribution < -0.4 is 10.2 Å². The number of nitrogens with one attached hydrogen (secondary N) is 1. The maximum absolute atomic E-state index is 13.5. The maximum atomic E-state index is 13.5. The Morgan fingerprint density at radius 2 is 2.12 bits per heavy atom. The third-order valence-electron chi connectivity index (χ3n) is 6.25. The van der Waals surface area contributed by atoms with E-state index in [2.05, 4.69) is 15.2 Å². The van der Waals surface area contributed by atoms with Crippen molar-refractivity contribution in [2.75, 3.05) is 62.7 Å². The van der Waals surface area contributed by atoms with E-state index in [1.54, 1.807) is 28.3 Å². The standard InChI is InChI=1S/C23H29N5O4/c29-21-14-25-22-20(28(21)15-17-3-4-17)12-18(13-24-22)23(30)27(16-19-2-1-9-32-19)6-5-26-7-10-31-11-8-26/h1-2,9,12-13,17H,3-8,10-11,14-16H2,(H,24,25). The van der Waals surface area contributed by atoms with Gasteiger partial charge in [-0.15, -0.1) is 0 Å². The second kappa shape index (κ2) is 9.30. The molecule has 32 heavy (non-hydrogen) atoms. The van der Waals surface area contributed by atoms with Crippen molar-refractivity contribution in [1.29, 1.82) is 0 Å². The van der Waals surface area contributed by atoms with E-state index in [1.807, 2.05) is 12.1 Å². The van der Waals surface area contributed by atoms with Gasteiger partial charge in [-0.05, 0) is 37.0 Å². The molecule has 2 aromatic rings. The molecule has 1 aliphatic carbocycles. The molecular formula is C23H29N5O4. The highest BCUT2D eigenvalue weighted by Crippen LogP contribution is 2.35. The van der Waals surface area contributed by atoms with Crippen molar-refractivity contribution in [3.8, 4) is 0 Å². The lowest BCUT2D eigenvalue weighted by Crippen LogP contribution is -2.43. The third kappa shape index (κ3) is 4.78. The van der Waals surface area contributed by atoms with Gasteiger partial charge in [0, 0.05) is 38.9 Å². The summed E-state index contributed by atoms with van der Waals surface area (Å²) in [5.41, 5.74) is 1.18. The Bertz CT molecular complexity index is 953. The van der Waals surface area contributed by atoms with Crippen molar-refractivity contribution in [1.82, 2.24) is 14.8 Å². The van der Waals surface area contributed by atoms with Crippen LogP contribution >= 0.6 is 0 Å². The van der Waals surface area contributed by atoms with Gasteiger partial charge in [-0.1, -0.05) is 0 Å². The molecule has 2 aromatic heterocycles. The highest BCUT2D eigenvalue weighted by molar-refractivity contribution is 6.04. The number of fused-ring (bicyclic) bond motifs is 1. The van der Waals surface area contributed by atoms with E-state index in [0.29, 0.717) is 42.6 Å². The summed E-state index contributed by atoms with van der Waals surface area (Å²) in [6, 6.07) is 5.51. The Hall–Kier alpha value is -2.91. The fraction of sp³-hybridized carbons (Fsp3) is 0.522. The summed E-state index contributed by atoms with van der Waals surface area (Å²) in [6.07, 6.45) is 5.52. The van der Waals surface area contributed by atoms with Crippen LogP contribution in [0.1, 0.15) is 29.0 Å². The lowest BCUT2D eigenvalue weighted by atomic mass is 10.1. The molecule has 2 fully saturated rings. The molecule has 1 saturated heterocycles. The van der Waals surface area contributed by atoms with Crippen molar-refractivity contribution in [2.24, 2.45) is 5.92 Å². The van der Waals surface area contributed by atoms with Gasteiger partial charge in [0.05, 0.1) is 43.8 Å². The van der Waals surface area contributed by atoms with E-state index < -0.39 is 0 Å². The number of anilines is 2. The molecule has 0 spiro atoms. The van der Waals surface area contributed by atoms with E-state index in [9.17, 15) is 9.59 Å². The van der Waals surface area contributed by atoms with Crippen molar-refractivity contribution in [3.05, 3.63) is 42.0 Å². The number of hydrogen-bond acceptors (Lipinski definition) is 7. The molecule has 9 heteroatoms. The molecule has 0 unspecified atom stereocenters. The highest BCUT2D eigenvalue weighted by atomic mass is 16.5. The fourth-order valence-corrected chi connectivity index (χ4v) is 4.17. The molecular weight excluding hydrogens is 410 g/mol. The maximum Gasteiger partial charge on any atom is 0.255 e. The Morgan fingerprint density at radius 1 is 1.28 bits per heavy atom. The molecule has 0 radical (unpaired) electrons. The largest absolute Gasteiger partial charge is 0.467 e. The first-order chi connectivity index (χ1) is 15.7. The fourth-order valence-electron chi connectivity index (χ4n) is 4.17. The molecule has 2 amide bonds. The summed E-state index contributed by atoms with van der Waals surface area (Å²) in [5.74, 6) is 1.85. The molecule has 3 aliphatic rings. The van der Waals surface area contributed by atoms with Crippen LogP contribution in [0.3, 0.4) is 0 Å². The third-order valence-corrected chi connectivity index (χ3v) is 6.25. The molecule has 170 valence electrons. The summed E-state index contributed by atoms with van der Waals surface area (Å²) < 4.78 is 10.9. The SMILES string of the molecule is O=C(c1cnc2c(c1)N(CC1CC1)C(=O)CN2)N(CCN1CCOCC1)Cc1ccco1. The minimum atomic E-state index is -0.116. The zero-order chi connectivity index (χ0) is 21.9. The van der Waals surface area contributed by atoms with Crippen LogP contribution in [0.2, 0.25) is 0 Å². The van der Waals surface area contributed by atoms with Crippen LogP contribution in [0.15, 0.2) is 35.1 Å². The zero-order valence-corrected chi connectivity index (χ0v) is 18.2. The Labute approximate surface area is 187 Å². The normalized spacial score (nSPS) is 18.9. The van der Waals surface area contributed by atoms with Gasteiger partial charge in [0.2, 0.25) is 5.91 Å². The van der Waals surface area contributed by atoms with E-state index in [4.69, 9.17) is 9.15 Å². The number of carbonyl (C=O) groups excluding carboxylic acids is 2. The molecule has 5 rings (SSSR count). The van der Waals surface area contributed by atoms with Crippen LogP contribution in [0.4, 0.5) is 11.5 Å². The zero-order valence-electron chi connectivity index (χ0n) is 18.2. The number of hydrogen-bond donors (Lipinski definition) is 1. The lowest BCUT2D eigenvalue weighted by molar-refractivity contribution is -0.117. The Morgan fingerprint density at radius 3 is 2.88 bits per heavy atom. The van der Waals surface area contributed by atoms with Gasteiger partial charge < -0.3 is 24.3 Å². The lowest BCUT2D eigenvalue weighted by Gasteiger charge is -2.31. The predicted octanol–water partition coefficient (Wildman–Crippen LogP) is 1.82. The van der Waals surface area contributed by atoms with Crippen LogP contribution in [0, 0.1) is 5.92 Å². The van der Waals surface area contributed by atoms with E-state index in [-0.39, 0.29) is 18.4 Å². The van der Waals surface area contributed by atoms with Gasteiger partial charge in [0.15, 0.2) is 0 Å². The summed E-state index contributed by atoms with van der Waals surface area (Å²) in [5, 5.41) is 3.08. The highest BCUT2D eigenvalue weighted by Gasteiger charge is 2.32. The number of amides is 2. The number of morpholine rings is 1. The van der Waals surface area contributed by atoms with Gasteiger partial charge in [-0.25, -0.2) is 4.98 Å². The first-order valence-electron chi connectivity index (χ1n) is 11.3. The molecule has 0 atom stereocenters. The molecule has 1 saturated carbocycles. The molecule has 0 bridgehead atoms. The van der Waals surface area contributed by atoms with Crippen LogP contribution in [-0.2, 0) is 16.1 Å². The summed E-state index contributed by atoms with van der Waals surface area (Å²) in [6.45, 7) is 5.83. The average Bonchev–Trinajstić information content (AvgIpc) is 3.50. The number of aromatic nitrogens is 1. The van der Waals surface area contributed by atoms with Gasteiger partial charge in [-0.3, -0.25) is 14.5 Å². The summed E-state index contributed by atoms with van der Waals surface area (Å²) in [4.78, 5) is 36.4. The molecule has 1 N–H and O–H groups in total. The first-order valence-corrected chi connectivity index (χ1v) is 11.3. The molecule has 9 nitrogen and oxygen atoms in total. The minimum absolute atomic E-state index is 0.0237. The number of ether oxygens (including phenoxy) is 1. The number of carbonyl (C=O) groups is 2. The van der Waals surface area contributed by atoms with Crippen molar-refractivity contribution >= 4 is 23.3 Å². The van der Waals surface area contributed by atoms with Gasteiger partial charge in [0.25, 0.3) is 5.91 Å². The van der Waals surface area contributed by atoms with Crippen molar-refractivity contribution in [2.45, 2.75) is 19.4 Å².